The number of benzene rings is 2. The van der Waals surface area contributed by atoms with Gasteiger partial charge in [-0.05, 0) is 42.3 Å². The van der Waals surface area contributed by atoms with Crippen molar-refractivity contribution >= 4 is 11.6 Å². The van der Waals surface area contributed by atoms with Crippen molar-refractivity contribution in [3.63, 3.8) is 0 Å². The summed E-state index contributed by atoms with van der Waals surface area (Å²) >= 11 is 6.13. The molecule has 0 saturated carbocycles. The van der Waals surface area contributed by atoms with E-state index in [-0.39, 0.29) is 11.9 Å². The first kappa shape index (κ1) is 14.0. The van der Waals surface area contributed by atoms with Crippen LogP contribution in [0.1, 0.15) is 29.7 Å². The Hall–Kier alpha value is -1.38. The van der Waals surface area contributed by atoms with Crippen LogP contribution in [0.4, 0.5) is 4.39 Å². The maximum atomic E-state index is 13.1. The third kappa shape index (κ3) is 3.14. The molecule has 100 valence electrons. The average molecular weight is 278 g/mol. The fraction of sp³-hybridized carbons (Fsp3) is 0.250. The monoisotopic (exact) mass is 277 g/mol. The Balaban J connectivity index is 2.37. The molecule has 0 bridgehead atoms. The molecule has 0 radical (unpaired) electrons. The molecule has 0 aliphatic carbocycles. The summed E-state index contributed by atoms with van der Waals surface area (Å²) in [5.74, 6) is -0.315. The quantitative estimate of drug-likeness (QED) is 0.876. The lowest BCUT2D eigenvalue weighted by atomic mass is 9.97. The van der Waals surface area contributed by atoms with Crippen LogP contribution in [0.2, 0.25) is 5.02 Å². The first-order chi connectivity index (χ1) is 9.15. The number of hydrogen-bond donors (Lipinski definition) is 1. The first-order valence-electron chi connectivity index (χ1n) is 6.36. The van der Waals surface area contributed by atoms with Gasteiger partial charge in [0.1, 0.15) is 5.82 Å². The summed E-state index contributed by atoms with van der Waals surface area (Å²) in [7, 11) is 1.87. The van der Waals surface area contributed by atoms with Gasteiger partial charge >= 0.3 is 0 Å². The van der Waals surface area contributed by atoms with Gasteiger partial charge in [-0.25, -0.2) is 4.39 Å². The highest BCUT2D eigenvalue weighted by Crippen LogP contribution is 2.28. The Kier molecular flexibility index (Phi) is 4.56. The SMILES string of the molecule is CCc1ccc(C(NC)c2ccc(F)cc2Cl)cc1. The second-order valence-corrected chi connectivity index (χ2v) is 4.89. The van der Waals surface area contributed by atoms with Crippen molar-refractivity contribution in [1.29, 1.82) is 0 Å². The van der Waals surface area contributed by atoms with Crippen molar-refractivity contribution < 1.29 is 4.39 Å². The summed E-state index contributed by atoms with van der Waals surface area (Å²) in [5, 5.41) is 3.67. The fourth-order valence-electron chi connectivity index (χ4n) is 2.18. The number of halogens is 2. The van der Waals surface area contributed by atoms with Gasteiger partial charge in [-0.3, -0.25) is 0 Å². The van der Waals surface area contributed by atoms with Gasteiger partial charge in [-0.2, -0.15) is 0 Å². The summed E-state index contributed by atoms with van der Waals surface area (Å²) in [6.07, 6.45) is 1.02. The minimum Gasteiger partial charge on any atom is -0.309 e. The summed E-state index contributed by atoms with van der Waals surface area (Å²) in [6, 6.07) is 12.9. The molecule has 1 nitrogen and oxygen atoms in total. The Labute approximate surface area is 118 Å². The van der Waals surface area contributed by atoms with Crippen LogP contribution in [0.15, 0.2) is 42.5 Å². The summed E-state index contributed by atoms with van der Waals surface area (Å²) in [5.41, 5.74) is 3.30. The minimum atomic E-state index is -0.315. The molecular formula is C16H17ClFN. The van der Waals surface area contributed by atoms with E-state index in [9.17, 15) is 4.39 Å². The highest BCUT2D eigenvalue weighted by Gasteiger charge is 2.15. The largest absolute Gasteiger partial charge is 0.309 e. The van der Waals surface area contributed by atoms with Gasteiger partial charge in [-0.15, -0.1) is 0 Å². The Morgan fingerprint density at radius 2 is 1.84 bits per heavy atom. The van der Waals surface area contributed by atoms with Crippen molar-refractivity contribution in [1.82, 2.24) is 5.32 Å². The van der Waals surface area contributed by atoms with E-state index in [4.69, 9.17) is 11.6 Å². The third-order valence-corrected chi connectivity index (χ3v) is 3.61. The van der Waals surface area contributed by atoms with E-state index in [1.54, 1.807) is 6.07 Å². The number of aryl methyl sites for hydroxylation is 1. The van der Waals surface area contributed by atoms with E-state index < -0.39 is 0 Å². The van der Waals surface area contributed by atoms with Crippen LogP contribution in [0, 0.1) is 5.82 Å². The molecule has 19 heavy (non-hydrogen) atoms. The van der Waals surface area contributed by atoms with E-state index in [1.165, 1.54) is 17.7 Å². The number of rotatable bonds is 4. The maximum Gasteiger partial charge on any atom is 0.124 e. The molecule has 1 atom stereocenters. The lowest BCUT2D eigenvalue weighted by Crippen LogP contribution is -2.18. The summed E-state index contributed by atoms with van der Waals surface area (Å²) in [4.78, 5) is 0. The molecule has 1 N–H and O–H groups in total. The van der Waals surface area contributed by atoms with E-state index in [0.29, 0.717) is 5.02 Å². The van der Waals surface area contributed by atoms with Gasteiger partial charge in [0.05, 0.1) is 6.04 Å². The Morgan fingerprint density at radius 3 is 2.37 bits per heavy atom. The molecule has 3 heteroatoms. The Bertz CT molecular complexity index is 551. The minimum absolute atomic E-state index is 0.0287. The van der Waals surface area contributed by atoms with Crippen LogP contribution in [0.25, 0.3) is 0 Å². The molecule has 2 rings (SSSR count). The predicted octanol–water partition coefficient (Wildman–Crippen LogP) is 4.35. The zero-order chi connectivity index (χ0) is 13.8. The van der Waals surface area contributed by atoms with Gasteiger partial charge in [0.25, 0.3) is 0 Å². The van der Waals surface area contributed by atoms with E-state index >= 15 is 0 Å². The van der Waals surface area contributed by atoms with Gasteiger partial charge < -0.3 is 5.32 Å². The smallest absolute Gasteiger partial charge is 0.124 e. The van der Waals surface area contributed by atoms with Crippen LogP contribution < -0.4 is 5.32 Å². The van der Waals surface area contributed by atoms with Crippen molar-refractivity contribution in [2.75, 3.05) is 7.05 Å². The second kappa shape index (κ2) is 6.18. The molecule has 0 amide bonds. The molecule has 2 aromatic carbocycles. The van der Waals surface area contributed by atoms with Crippen LogP contribution in [0.3, 0.4) is 0 Å². The predicted molar refractivity (Wildman–Crippen MR) is 78.1 cm³/mol. The zero-order valence-electron chi connectivity index (χ0n) is 11.1. The van der Waals surface area contributed by atoms with E-state index in [2.05, 4.69) is 36.5 Å². The van der Waals surface area contributed by atoms with Gasteiger partial charge in [0, 0.05) is 5.02 Å². The van der Waals surface area contributed by atoms with Gasteiger partial charge in [0.15, 0.2) is 0 Å². The average Bonchev–Trinajstić information content (AvgIpc) is 2.42. The molecular weight excluding hydrogens is 261 g/mol. The molecule has 0 heterocycles. The normalized spacial score (nSPS) is 12.4. The van der Waals surface area contributed by atoms with Crippen molar-refractivity contribution in [2.24, 2.45) is 0 Å². The van der Waals surface area contributed by atoms with E-state index in [0.717, 1.165) is 17.5 Å². The molecule has 0 aliphatic rings. The van der Waals surface area contributed by atoms with Crippen molar-refractivity contribution in [3.8, 4) is 0 Å². The lowest BCUT2D eigenvalue weighted by molar-refractivity contribution is 0.623. The van der Waals surface area contributed by atoms with Gasteiger partial charge in [0.2, 0.25) is 0 Å². The summed E-state index contributed by atoms with van der Waals surface area (Å²) < 4.78 is 13.1. The highest BCUT2D eigenvalue weighted by molar-refractivity contribution is 6.31. The molecule has 0 aliphatic heterocycles. The molecule has 0 saturated heterocycles. The zero-order valence-corrected chi connectivity index (χ0v) is 11.8. The van der Waals surface area contributed by atoms with E-state index in [1.807, 2.05) is 7.05 Å². The second-order valence-electron chi connectivity index (χ2n) is 4.48. The van der Waals surface area contributed by atoms with Crippen molar-refractivity contribution in [2.45, 2.75) is 19.4 Å². The topological polar surface area (TPSA) is 12.0 Å². The van der Waals surface area contributed by atoms with Crippen LogP contribution >= 0.6 is 11.6 Å². The van der Waals surface area contributed by atoms with Crippen LogP contribution in [-0.2, 0) is 6.42 Å². The first-order valence-corrected chi connectivity index (χ1v) is 6.74. The molecule has 1 unspecified atom stereocenters. The van der Waals surface area contributed by atoms with Crippen LogP contribution in [0.5, 0.6) is 0 Å². The molecule has 0 fully saturated rings. The number of nitrogens with one attached hydrogen (secondary N) is 1. The van der Waals surface area contributed by atoms with Crippen molar-refractivity contribution in [3.05, 3.63) is 70.0 Å². The molecule has 2 aromatic rings. The van der Waals surface area contributed by atoms with Crippen LogP contribution in [-0.4, -0.2) is 7.05 Å². The standard InChI is InChI=1S/C16H17ClFN/c1-3-11-4-6-12(7-5-11)16(19-2)14-9-8-13(18)10-15(14)17/h4-10,16,19H,3H2,1-2H3. The third-order valence-electron chi connectivity index (χ3n) is 3.28. The summed E-state index contributed by atoms with van der Waals surface area (Å²) in [6.45, 7) is 2.13. The fourth-order valence-corrected chi connectivity index (χ4v) is 2.46. The molecule has 0 spiro atoms. The number of hydrogen-bond acceptors (Lipinski definition) is 1. The Morgan fingerprint density at radius 1 is 1.16 bits per heavy atom. The van der Waals surface area contributed by atoms with Gasteiger partial charge in [-0.1, -0.05) is 48.9 Å². The maximum absolute atomic E-state index is 13.1. The molecule has 0 aromatic heterocycles. The lowest BCUT2D eigenvalue weighted by Gasteiger charge is -2.19. The highest BCUT2D eigenvalue weighted by atomic mass is 35.5.